The fraction of sp³-hybridized carbons (Fsp3) is 0.412. The standard InChI is InChI=1S/C17H20N2O3/c1-13(20)19-7-6-14-4-2-3-5-15(14)16(19)12-17(21)18-8-10-22-11-9-18/h2-7,16H,8-12H2,1H3. The van der Waals surface area contributed by atoms with Crippen molar-refractivity contribution in [3.63, 3.8) is 0 Å². The van der Waals surface area contributed by atoms with Crippen LogP contribution in [-0.2, 0) is 14.3 Å². The molecule has 2 aliphatic rings. The number of carbonyl (C=O) groups is 2. The molecule has 3 rings (SSSR count). The highest BCUT2D eigenvalue weighted by Gasteiger charge is 2.30. The van der Waals surface area contributed by atoms with Crippen LogP contribution < -0.4 is 0 Å². The third-order valence-corrected chi connectivity index (χ3v) is 4.20. The summed E-state index contributed by atoms with van der Waals surface area (Å²) in [4.78, 5) is 27.9. The van der Waals surface area contributed by atoms with Crippen LogP contribution in [-0.4, -0.2) is 47.9 Å². The van der Waals surface area contributed by atoms with Gasteiger partial charge >= 0.3 is 0 Å². The normalized spacial score (nSPS) is 20.7. The molecule has 22 heavy (non-hydrogen) atoms. The van der Waals surface area contributed by atoms with Crippen LogP contribution in [0.1, 0.15) is 30.5 Å². The molecule has 2 aliphatic heterocycles. The zero-order valence-corrected chi connectivity index (χ0v) is 12.7. The first-order valence-corrected chi connectivity index (χ1v) is 7.58. The third-order valence-electron chi connectivity index (χ3n) is 4.20. The Morgan fingerprint density at radius 3 is 2.68 bits per heavy atom. The van der Waals surface area contributed by atoms with Gasteiger partial charge in [0, 0.05) is 26.2 Å². The van der Waals surface area contributed by atoms with E-state index in [1.165, 1.54) is 6.92 Å². The summed E-state index contributed by atoms with van der Waals surface area (Å²) in [7, 11) is 0. The lowest BCUT2D eigenvalue weighted by Gasteiger charge is -2.34. The van der Waals surface area contributed by atoms with Gasteiger partial charge in [0.1, 0.15) is 0 Å². The summed E-state index contributed by atoms with van der Waals surface area (Å²) < 4.78 is 5.29. The van der Waals surface area contributed by atoms with Crippen LogP contribution >= 0.6 is 0 Å². The summed E-state index contributed by atoms with van der Waals surface area (Å²) in [5.74, 6) is 0.0233. The van der Waals surface area contributed by atoms with Crippen molar-refractivity contribution in [1.82, 2.24) is 9.80 Å². The van der Waals surface area contributed by atoms with Gasteiger partial charge in [-0.3, -0.25) is 9.59 Å². The van der Waals surface area contributed by atoms with Gasteiger partial charge in [-0.25, -0.2) is 0 Å². The smallest absolute Gasteiger partial charge is 0.225 e. The average molecular weight is 300 g/mol. The number of morpholine rings is 1. The minimum absolute atomic E-state index is 0.0504. The maximum Gasteiger partial charge on any atom is 0.225 e. The predicted octanol–water partition coefficient (Wildman–Crippen LogP) is 1.81. The third kappa shape index (κ3) is 2.90. The van der Waals surface area contributed by atoms with Crippen molar-refractivity contribution < 1.29 is 14.3 Å². The first-order chi connectivity index (χ1) is 10.7. The topological polar surface area (TPSA) is 49.9 Å². The number of benzene rings is 1. The van der Waals surface area contributed by atoms with Gasteiger partial charge in [-0.15, -0.1) is 0 Å². The van der Waals surface area contributed by atoms with Crippen molar-refractivity contribution in [1.29, 1.82) is 0 Å². The maximum absolute atomic E-state index is 12.6. The molecule has 2 heterocycles. The highest BCUT2D eigenvalue weighted by atomic mass is 16.5. The van der Waals surface area contributed by atoms with Crippen LogP contribution in [0.25, 0.3) is 6.08 Å². The van der Waals surface area contributed by atoms with E-state index in [4.69, 9.17) is 4.74 Å². The van der Waals surface area contributed by atoms with Crippen molar-refractivity contribution in [2.75, 3.05) is 26.3 Å². The van der Waals surface area contributed by atoms with Gasteiger partial charge in [0.25, 0.3) is 0 Å². The Bertz CT molecular complexity index is 606. The van der Waals surface area contributed by atoms with E-state index in [0.29, 0.717) is 32.7 Å². The number of hydrogen-bond acceptors (Lipinski definition) is 3. The number of ether oxygens (including phenoxy) is 1. The van der Waals surface area contributed by atoms with Gasteiger partial charge in [0.05, 0.1) is 25.7 Å². The molecule has 1 atom stereocenters. The van der Waals surface area contributed by atoms with E-state index in [1.54, 1.807) is 11.1 Å². The molecule has 0 aliphatic carbocycles. The van der Waals surface area contributed by atoms with Crippen molar-refractivity contribution in [2.45, 2.75) is 19.4 Å². The fourth-order valence-corrected chi connectivity index (χ4v) is 3.02. The van der Waals surface area contributed by atoms with Crippen LogP contribution in [0.2, 0.25) is 0 Å². The molecule has 0 bridgehead atoms. The minimum Gasteiger partial charge on any atom is -0.378 e. The Balaban J connectivity index is 1.83. The number of amides is 2. The van der Waals surface area contributed by atoms with Crippen molar-refractivity contribution >= 4 is 17.9 Å². The van der Waals surface area contributed by atoms with Gasteiger partial charge < -0.3 is 14.5 Å². The van der Waals surface area contributed by atoms with E-state index in [2.05, 4.69) is 0 Å². The highest BCUT2D eigenvalue weighted by molar-refractivity contribution is 5.82. The second-order valence-corrected chi connectivity index (χ2v) is 5.58. The largest absolute Gasteiger partial charge is 0.378 e. The Hall–Kier alpha value is -2.14. The van der Waals surface area contributed by atoms with Gasteiger partial charge in [-0.1, -0.05) is 24.3 Å². The molecule has 1 saturated heterocycles. The molecule has 0 saturated carbocycles. The van der Waals surface area contributed by atoms with E-state index in [1.807, 2.05) is 35.2 Å². The molecule has 0 radical (unpaired) electrons. The number of rotatable bonds is 2. The van der Waals surface area contributed by atoms with Gasteiger partial charge in [-0.2, -0.15) is 0 Å². The lowest BCUT2D eigenvalue weighted by Crippen LogP contribution is -2.43. The summed E-state index contributed by atoms with van der Waals surface area (Å²) in [5.41, 5.74) is 2.10. The molecule has 5 nitrogen and oxygen atoms in total. The molecule has 1 aromatic carbocycles. The monoisotopic (exact) mass is 300 g/mol. The lowest BCUT2D eigenvalue weighted by atomic mass is 9.93. The highest BCUT2D eigenvalue weighted by Crippen LogP contribution is 2.33. The summed E-state index contributed by atoms with van der Waals surface area (Å²) in [6, 6.07) is 7.69. The molecule has 1 aromatic rings. The molecular formula is C17H20N2O3. The van der Waals surface area contributed by atoms with Crippen molar-refractivity contribution in [3.8, 4) is 0 Å². The van der Waals surface area contributed by atoms with Gasteiger partial charge in [0.15, 0.2) is 0 Å². The summed E-state index contributed by atoms with van der Waals surface area (Å²) in [6.45, 7) is 3.96. The quantitative estimate of drug-likeness (QED) is 0.837. The fourth-order valence-electron chi connectivity index (χ4n) is 3.02. The molecule has 1 fully saturated rings. The summed E-state index contributed by atoms with van der Waals surface area (Å²) in [6.07, 6.45) is 4.01. The van der Waals surface area contributed by atoms with E-state index >= 15 is 0 Å². The molecule has 1 unspecified atom stereocenters. The Morgan fingerprint density at radius 2 is 1.95 bits per heavy atom. The van der Waals surface area contributed by atoms with E-state index in [9.17, 15) is 9.59 Å². The van der Waals surface area contributed by atoms with Gasteiger partial charge in [0.2, 0.25) is 11.8 Å². The van der Waals surface area contributed by atoms with Gasteiger partial charge in [-0.05, 0) is 17.2 Å². The molecular weight excluding hydrogens is 280 g/mol. The second kappa shape index (κ2) is 6.32. The molecule has 0 N–H and O–H groups in total. The first kappa shape index (κ1) is 14.8. The predicted molar refractivity (Wildman–Crippen MR) is 82.8 cm³/mol. The average Bonchev–Trinajstić information content (AvgIpc) is 2.55. The number of carbonyl (C=O) groups excluding carboxylic acids is 2. The van der Waals surface area contributed by atoms with Crippen molar-refractivity contribution in [2.24, 2.45) is 0 Å². The lowest BCUT2D eigenvalue weighted by molar-refractivity contribution is -0.137. The van der Waals surface area contributed by atoms with Crippen molar-refractivity contribution in [3.05, 3.63) is 41.6 Å². The zero-order valence-electron chi connectivity index (χ0n) is 12.7. The SMILES string of the molecule is CC(=O)N1C=Cc2ccccc2C1CC(=O)N1CCOCC1. The molecule has 5 heteroatoms. The molecule has 0 spiro atoms. The maximum atomic E-state index is 12.6. The molecule has 116 valence electrons. The van der Waals surface area contributed by atoms with Crippen LogP contribution in [0.15, 0.2) is 30.5 Å². The Kier molecular flexibility index (Phi) is 4.24. The molecule has 2 amide bonds. The molecule has 0 aromatic heterocycles. The van der Waals surface area contributed by atoms with Crippen LogP contribution in [0, 0.1) is 0 Å². The summed E-state index contributed by atoms with van der Waals surface area (Å²) in [5, 5.41) is 0. The first-order valence-electron chi connectivity index (χ1n) is 7.58. The van der Waals surface area contributed by atoms with E-state index in [0.717, 1.165) is 11.1 Å². The number of fused-ring (bicyclic) bond motifs is 1. The van der Waals surface area contributed by atoms with Crippen LogP contribution in [0.4, 0.5) is 0 Å². The van der Waals surface area contributed by atoms with E-state index < -0.39 is 0 Å². The zero-order chi connectivity index (χ0) is 15.5. The number of nitrogens with zero attached hydrogens (tertiary/aromatic N) is 2. The van der Waals surface area contributed by atoms with Crippen LogP contribution in [0.5, 0.6) is 0 Å². The van der Waals surface area contributed by atoms with E-state index in [-0.39, 0.29) is 17.9 Å². The Morgan fingerprint density at radius 1 is 1.23 bits per heavy atom. The second-order valence-electron chi connectivity index (χ2n) is 5.58. The van der Waals surface area contributed by atoms with Crippen LogP contribution in [0.3, 0.4) is 0 Å². The number of hydrogen-bond donors (Lipinski definition) is 0. The minimum atomic E-state index is -0.228. The Labute approximate surface area is 130 Å². The summed E-state index contributed by atoms with van der Waals surface area (Å²) >= 11 is 0.